The summed E-state index contributed by atoms with van der Waals surface area (Å²) in [6.07, 6.45) is 0.829. The lowest BCUT2D eigenvalue weighted by Crippen LogP contribution is -2.51. The molecule has 2 saturated heterocycles. The summed E-state index contributed by atoms with van der Waals surface area (Å²) in [6, 6.07) is -1.09. The summed E-state index contributed by atoms with van der Waals surface area (Å²) in [6.45, 7) is 1.20. The predicted octanol–water partition coefficient (Wildman–Crippen LogP) is -0.951. The number of aliphatic hydroxyl groups excluding tert-OH is 1. The van der Waals surface area contributed by atoms with E-state index in [9.17, 15) is 14.7 Å². The summed E-state index contributed by atoms with van der Waals surface area (Å²) in [5.41, 5.74) is 5.76. The number of β-amino-alcohol motifs (C(OH)–C–C–N with tert-alkyl or cyclic N) is 1. The number of nitrogens with zero attached hydrogens (tertiary/aromatic N) is 2. The van der Waals surface area contributed by atoms with Gasteiger partial charge in [0.2, 0.25) is 0 Å². The van der Waals surface area contributed by atoms with Crippen LogP contribution in [0.2, 0.25) is 0 Å². The lowest BCUT2D eigenvalue weighted by molar-refractivity contribution is -0.141. The van der Waals surface area contributed by atoms with E-state index in [0.717, 1.165) is 12.8 Å². The van der Waals surface area contributed by atoms with E-state index in [-0.39, 0.29) is 25.0 Å². The van der Waals surface area contributed by atoms with Crippen molar-refractivity contribution in [2.75, 3.05) is 19.6 Å². The van der Waals surface area contributed by atoms with Crippen molar-refractivity contribution in [3.05, 3.63) is 0 Å². The van der Waals surface area contributed by atoms with Gasteiger partial charge in [0, 0.05) is 32.1 Å². The van der Waals surface area contributed by atoms with Crippen molar-refractivity contribution in [3.8, 4) is 0 Å². The van der Waals surface area contributed by atoms with Gasteiger partial charge in [0.15, 0.2) is 0 Å². The van der Waals surface area contributed by atoms with E-state index in [1.54, 1.807) is 4.90 Å². The Hall–Kier alpha value is -1.34. The molecule has 0 spiro atoms. The van der Waals surface area contributed by atoms with Crippen LogP contribution in [0.3, 0.4) is 0 Å². The van der Waals surface area contributed by atoms with Gasteiger partial charge >= 0.3 is 12.0 Å². The highest BCUT2D eigenvalue weighted by atomic mass is 16.4. The minimum absolute atomic E-state index is 0.0956. The topological polar surface area (TPSA) is 107 Å². The van der Waals surface area contributed by atoms with Gasteiger partial charge < -0.3 is 25.7 Å². The highest BCUT2D eigenvalue weighted by molar-refractivity contribution is 5.83. The first kappa shape index (κ1) is 13.1. The first-order chi connectivity index (χ1) is 8.49. The third-order valence-corrected chi connectivity index (χ3v) is 3.62. The number of aliphatic hydroxyl groups is 1. The average Bonchev–Trinajstić information content (AvgIpc) is 2.71. The normalized spacial score (nSPS) is 29.7. The van der Waals surface area contributed by atoms with E-state index in [1.807, 2.05) is 0 Å². The number of amides is 2. The molecule has 0 aliphatic carbocycles. The molecule has 0 saturated carbocycles. The van der Waals surface area contributed by atoms with Crippen molar-refractivity contribution < 1.29 is 19.8 Å². The number of carboxylic acids is 1. The molecule has 4 N–H and O–H groups in total. The van der Waals surface area contributed by atoms with Gasteiger partial charge in [-0.15, -0.1) is 0 Å². The van der Waals surface area contributed by atoms with Gasteiger partial charge in [-0.3, -0.25) is 0 Å². The summed E-state index contributed by atoms with van der Waals surface area (Å²) in [4.78, 5) is 26.1. The number of aliphatic carboxylic acids is 1. The quantitative estimate of drug-likeness (QED) is 0.561. The third kappa shape index (κ3) is 2.56. The molecule has 2 unspecified atom stereocenters. The van der Waals surface area contributed by atoms with Crippen LogP contribution in [0.1, 0.15) is 19.3 Å². The second kappa shape index (κ2) is 5.11. The van der Waals surface area contributed by atoms with Gasteiger partial charge in [-0.2, -0.15) is 0 Å². The van der Waals surface area contributed by atoms with Gasteiger partial charge in [-0.25, -0.2) is 9.59 Å². The average molecular weight is 257 g/mol. The van der Waals surface area contributed by atoms with E-state index < -0.39 is 18.1 Å². The first-order valence-electron chi connectivity index (χ1n) is 6.21. The van der Waals surface area contributed by atoms with Gasteiger partial charge in [0.05, 0.1) is 6.10 Å². The Balaban J connectivity index is 2.01. The van der Waals surface area contributed by atoms with E-state index in [0.29, 0.717) is 13.1 Å². The molecule has 0 bridgehead atoms. The van der Waals surface area contributed by atoms with Crippen LogP contribution in [0.4, 0.5) is 4.79 Å². The highest BCUT2D eigenvalue weighted by Crippen LogP contribution is 2.21. The van der Waals surface area contributed by atoms with Gasteiger partial charge in [0.1, 0.15) is 6.04 Å². The second-order valence-electron chi connectivity index (χ2n) is 5.00. The maximum absolute atomic E-state index is 12.2. The van der Waals surface area contributed by atoms with Crippen molar-refractivity contribution >= 4 is 12.0 Å². The predicted molar refractivity (Wildman–Crippen MR) is 62.9 cm³/mol. The molecule has 2 aliphatic heterocycles. The fraction of sp³-hybridized carbons (Fsp3) is 0.818. The molecule has 2 atom stereocenters. The zero-order valence-corrected chi connectivity index (χ0v) is 10.2. The Morgan fingerprint density at radius 2 is 1.83 bits per heavy atom. The molecule has 7 nitrogen and oxygen atoms in total. The van der Waals surface area contributed by atoms with Crippen LogP contribution in [0.5, 0.6) is 0 Å². The Morgan fingerprint density at radius 1 is 1.22 bits per heavy atom. The largest absolute Gasteiger partial charge is 0.480 e. The smallest absolute Gasteiger partial charge is 0.326 e. The minimum Gasteiger partial charge on any atom is -0.480 e. The molecule has 2 amide bonds. The molecule has 0 aromatic heterocycles. The molecule has 2 aliphatic rings. The van der Waals surface area contributed by atoms with E-state index in [4.69, 9.17) is 10.8 Å². The summed E-state index contributed by atoms with van der Waals surface area (Å²) in [5, 5.41) is 18.6. The molecular weight excluding hydrogens is 238 g/mol. The number of hydrogen-bond donors (Lipinski definition) is 3. The van der Waals surface area contributed by atoms with Gasteiger partial charge in [0.25, 0.3) is 0 Å². The van der Waals surface area contributed by atoms with Crippen LogP contribution in [-0.2, 0) is 4.79 Å². The number of piperidine rings is 1. The number of carbonyl (C=O) groups excluding carboxylic acids is 1. The number of hydrogen-bond acceptors (Lipinski definition) is 4. The number of urea groups is 1. The lowest BCUT2D eigenvalue weighted by atomic mass is 10.1. The Morgan fingerprint density at radius 3 is 2.39 bits per heavy atom. The van der Waals surface area contributed by atoms with Crippen molar-refractivity contribution in [3.63, 3.8) is 0 Å². The van der Waals surface area contributed by atoms with Gasteiger partial charge in [-0.1, -0.05) is 0 Å². The molecule has 2 rings (SSSR count). The van der Waals surface area contributed by atoms with Gasteiger partial charge in [-0.05, 0) is 12.8 Å². The van der Waals surface area contributed by atoms with E-state index in [1.165, 1.54) is 4.90 Å². The van der Waals surface area contributed by atoms with Crippen molar-refractivity contribution in [2.24, 2.45) is 5.73 Å². The van der Waals surface area contributed by atoms with Crippen LogP contribution in [0, 0.1) is 0 Å². The lowest BCUT2D eigenvalue weighted by Gasteiger charge is -2.34. The molecule has 2 heterocycles. The Labute approximate surface area is 105 Å². The van der Waals surface area contributed by atoms with Crippen LogP contribution in [-0.4, -0.2) is 69.8 Å². The zero-order chi connectivity index (χ0) is 13.3. The molecular formula is C11H19N3O4. The second-order valence-corrected chi connectivity index (χ2v) is 5.00. The molecule has 7 heteroatoms. The number of nitrogens with two attached hydrogens (primary N) is 1. The Kier molecular flexibility index (Phi) is 3.72. The number of rotatable bonds is 1. The molecule has 2 fully saturated rings. The summed E-state index contributed by atoms with van der Waals surface area (Å²) in [7, 11) is 0. The molecule has 102 valence electrons. The van der Waals surface area contributed by atoms with E-state index in [2.05, 4.69) is 0 Å². The summed E-state index contributed by atoms with van der Waals surface area (Å²) >= 11 is 0. The summed E-state index contributed by atoms with van der Waals surface area (Å²) in [5.74, 6) is -1.06. The standard InChI is InChI=1S/C11H19N3O4/c12-7-1-3-13(4-2-7)11(18)14-6-8(15)5-9(14)10(16)17/h7-9,15H,1-6,12H2,(H,16,17). The zero-order valence-electron chi connectivity index (χ0n) is 10.2. The fourth-order valence-electron chi connectivity index (χ4n) is 2.53. The third-order valence-electron chi connectivity index (χ3n) is 3.62. The van der Waals surface area contributed by atoms with Crippen LogP contribution < -0.4 is 5.73 Å². The number of carbonyl (C=O) groups is 2. The van der Waals surface area contributed by atoms with Crippen molar-refractivity contribution in [1.29, 1.82) is 0 Å². The molecule has 0 radical (unpaired) electrons. The maximum atomic E-state index is 12.2. The highest BCUT2D eigenvalue weighted by Gasteiger charge is 2.40. The molecule has 0 aromatic carbocycles. The van der Waals surface area contributed by atoms with Crippen LogP contribution in [0.25, 0.3) is 0 Å². The van der Waals surface area contributed by atoms with Crippen LogP contribution >= 0.6 is 0 Å². The van der Waals surface area contributed by atoms with Crippen LogP contribution in [0.15, 0.2) is 0 Å². The number of carboxylic acid groups (broad SMARTS) is 1. The molecule has 0 aromatic rings. The monoisotopic (exact) mass is 257 g/mol. The van der Waals surface area contributed by atoms with Crippen molar-refractivity contribution in [1.82, 2.24) is 9.80 Å². The number of likely N-dealkylation sites (tertiary alicyclic amines) is 2. The first-order valence-corrected chi connectivity index (χ1v) is 6.21. The SMILES string of the molecule is NC1CCN(C(=O)N2CC(O)CC2C(=O)O)CC1. The summed E-state index contributed by atoms with van der Waals surface area (Å²) < 4.78 is 0. The minimum atomic E-state index is -1.06. The van der Waals surface area contributed by atoms with E-state index >= 15 is 0 Å². The molecule has 18 heavy (non-hydrogen) atoms. The fourth-order valence-corrected chi connectivity index (χ4v) is 2.53. The maximum Gasteiger partial charge on any atom is 0.326 e. The van der Waals surface area contributed by atoms with Crippen molar-refractivity contribution in [2.45, 2.75) is 37.5 Å². The Bertz CT molecular complexity index is 341.